The van der Waals surface area contributed by atoms with E-state index in [0.717, 1.165) is 12.8 Å². The second-order valence-electron chi connectivity index (χ2n) is 4.51. The number of nitrogens with zero attached hydrogens (tertiary/aromatic N) is 2. The van der Waals surface area contributed by atoms with Gasteiger partial charge < -0.3 is 0 Å². The van der Waals surface area contributed by atoms with Crippen LogP contribution in [0.4, 0.5) is 0 Å². The third kappa shape index (κ3) is 4.11. The van der Waals surface area contributed by atoms with Crippen molar-refractivity contribution in [2.75, 3.05) is 18.8 Å². The Kier molecular flexibility index (Phi) is 5.23. The van der Waals surface area contributed by atoms with Crippen molar-refractivity contribution in [2.45, 2.75) is 39.0 Å². The molecule has 0 amide bonds. The number of rotatable bonds is 5. The first-order valence-corrected chi connectivity index (χ1v) is 7.52. The van der Waals surface area contributed by atoms with Crippen molar-refractivity contribution >= 4 is 10.0 Å². The molecule has 1 rings (SSSR count). The molecule has 0 spiro atoms. The molecule has 16 heavy (non-hydrogen) atoms. The van der Waals surface area contributed by atoms with Crippen molar-refractivity contribution in [2.24, 2.45) is 5.92 Å². The Hall–Kier alpha value is -0.600. The second-order valence-corrected chi connectivity index (χ2v) is 6.60. The highest BCUT2D eigenvalue weighted by atomic mass is 32.2. The van der Waals surface area contributed by atoms with Gasteiger partial charge in [0.2, 0.25) is 10.0 Å². The first-order valence-electron chi connectivity index (χ1n) is 5.91. The van der Waals surface area contributed by atoms with Gasteiger partial charge in [0, 0.05) is 19.5 Å². The summed E-state index contributed by atoms with van der Waals surface area (Å²) >= 11 is 0. The smallest absolute Gasteiger partial charge is 0.212 e. The van der Waals surface area contributed by atoms with Gasteiger partial charge in [0.25, 0.3) is 0 Å². The maximum atomic E-state index is 11.9. The zero-order valence-corrected chi connectivity index (χ0v) is 10.7. The van der Waals surface area contributed by atoms with Gasteiger partial charge in [-0.1, -0.05) is 6.92 Å². The van der Waals surface area contributed by atoms with Gasteiger partial charge >= 0.3 is 0 Å². The summed E-state index contributed by atoms with van der Waals surface area (Å²) in [5.41, 5.74) is 0. The van der Waals surface area contributed by atoms with Crippen molar-refractivity contribution < 1.29 is 8.42 Å². The van der Waals surface area contributed by atoms with Crippen LogP contribution in [-0.2, 0) is 10.0 Å². The number of piperidine rings is 1. The highest BCUT2D eigenvalue weighted by molar-refractivity contribution is 7.89. The van der Waals surface area contributed by atoms with E-state index in [4.69, 9.17) is 5.26 Å². The summed E-state index contributed by atoms with van der Waals surface area (Å²) in [6.45, 7) is 3.50. The summed E-state index contributed by atoms with van der Waals surface area (Å²) in [4.78, 5) is 0. The zero-order chi connectivity index (χ0) is 12.0. The lowest BCUT2D eigenvalue weighted by atomic mass is 10.0. The van der Waals surface area contributed by atoms with E-state index in [1.807, 2.05) is 6.07 Å². The van der Waals surface area contributed by atoms with Crippen LogP contribution in [0.5, 0.6) is 0 Å². The maximum Gasteiger partial charge on any atom is 0.214 e. The monoisotopic (exact) mass is 244 g/mol. The molecule has 4 nitrogen and oxygen atoms in total. The molecular weight excluding hydrogens is 224 g/mol. The molecule has 1 aliphatic rings. The topological polar surface area (TPSA) is 61.2 Å². The van der Waals surface area contributed by atoms with E-state index in [9.17, 15) is 8.42 Å². The molecule has 5 heteroatoms. The molecule has 0 aromatic rings. The second kappa shape index (κ2) is 6.21. The molecule has 1 aliphatic heterocycles. The molecule has 0 bridgehead atoms. The standard InChI is InChI=1S/C11H20N2O2S/c1-11-5-8-13(9-6-11)16(14,15)10-4-2-3-7-12/h11H,2-6,8-10H2,1H3. The van der Waals surface area contributed by atoms with Crippen LogP contribution in [0.1, 0.15) is 39.0 Å². The minimum absolute atomic E-state index is 0.197. The van der Waals surface area contributed by atoms with E-state index >= 15 is 0 Å². The lowest BCUT2D eigenvalue weighted by molar-refractivity contribution is 0.288. The largest absolute Gasteiger partial charge is 0.214 e. The fourth-order valence-corrected chi connectivity index (χ4v) is 3.47. The number of sulfonamides is 1. The average Bonchev–Trinajstić information content (AvgIpc) is 2.25. The minimum atomic E-state index is -3.06. The van der Waals surface area contributed by atoms with Crippen molar-refractivity contribution in [3.8, 4) is 6.07 Å². The minimum Gasteiger partial charge on any atom is -0.212 e. The number of hydrogen-bond donors (Lipinski definition) is 0. The van der Waals surface area contributed by atoms with Gasteiger partial charge in [-0.05, 0) is 31.6 Å². The van der Waals surface area contributed by atoms with Crippen LogP contribution in [0.15, 0.2) is 0 Å². The Morgan fingerprint density at radius 3 is 2.50 bits per heavy atom. The Bertz CT molecular complexity index is 337. The van der Waals surface area contributed by atoms with Gasteiger partial charge in [-0.25, -0.2) is 12.7 Å². The quantitative estimate of drug-likeness (QED) is 0.692. The molecule has 0 radical (unpaired) electrons. The normalized spacial score (nSPS) is 19.5. The maximum absolute atomic E-state index is 11.9. The van der Waals surface area contributed by atoms with Gasteiger partial charge in [-0.3, -0.25) is 0 Å². The summed E-state index contributed by atoms with van der Waals surface area (Å²) in [7, 11) is -3.06. The molecule has 0 unspecified atom stereocenters. The Balaban J connectivity index is 2.36. The Labute approximate surface area is 98.3 Å². The third-order valence-corrected chi connectivity index (χ3v) is 5.03. The highest BCUT2D eigenvalue weighted by Gasteiger charge is 2.25. The van der Waals surface area contributed by atoms with E-state index < -0.39 is 10.0 Å². The molecule has 1 fully saturated rings. The van der Waals surface area contributed by atoms with Crippen LogP contribution in [-0.4, -0.2) is 31.6 Å². The summed E-state index contributed by atoms with van der Waals surface area (Å²) in [6.07, 6.45) is 3.67. The van der Waals surface area contributed by atoms with Gasteiger partial charge in [-0.15, -0.1) is 0 Å². The fraction of sp³-hybridized carbons (Fsp3) is 0.909. The first kappa shape index (κ1) is 13.5. The van der Waals surface area contributed by atoms with Crippen molar-refractivity contribution in [1.82, 2.24) is 4.31 Å². The SMILES string of the molecule is CC1CCN(S(=O)(=O)CCCCC#N)CC1. The first-order chi connectivity index (χ1) is 7.56. The molecule has 0 atom stereocenters. The highest BCUT2D eigenvalue weighted by Crippen LogP contribution is 2.19. The van der Waals surface area contributed by atoms with Crippen LogP contribution in [0.2, 0.25) is 0 Å². The van der Waals surface area contributed by atoms with E-state index in [1.54, 1.807) is 4.31 Å². The predicted molar refractivity (Wildman–Crippen MR) is 63.2 cm³/mol. The van der Waals surface area contributed by atoms with Crippen LogP contribution < -0.4 is 0 Å². The lowest BCUT2D eigenvalue weighted by Crippen LogP contribution is -2.39. The molecule has 92 valence electrons. The molecule has 1 heterocycles. The van der Waals surface area contributed by atoms with Crippen LogP contribution >= 0.6 is 0 Å². The molecule has 0 saturated carbocycles. The van der Waals surface area contributed by atoms with Crippen LogP contribution in [0.25, 0.3) is 0 Å². The van der Waals surface area contributed by atoms with Crippen molar-refractivity contribution in [3.63, 3.8) is 0 Å². The number of hydrogen-bond acceptors (Lipinski definition) is 3. The lowest BCUT2D eigenvalue weighted by Gasteiger charge is -2.29. The third-order valence-electron chi connectivity index (χ3n) is 3.08. The molecular formula is C11H20N2O2S. The van der Waals surface area contributed by atoms with E-state index in [2.05, 4.69) is 6.92 Å². The van der Waals surface area contributed by atoms with E-state index in [0.29, 0.717) is 38.3 Å². The van der Waals surface area contributed by atoms with E-state index in [1.165, 1.54) is 0 Å². The van der Waals surface area contributed by atoms with Crippen molar-refractivity contribution in [3.05, 3.63) is 0 Å². The molecule has 1 saturated heterocycles. The van der Waals surface area contributed by atoms with Gasteiger partial charge in [0.05, 0.1) is 11.8 Å². The van der Waals surface area contributed by atoms with Crippen LogP contribution in [0, 0.1) is 17.2 Å². The average molecular weight is 244 g/mol. The summed E-state index contributed by atoms with van der Waals surface area (Å²) < 4.78 is 25.4. The summed E-state index contributed by atoms with van der Waals surface area (Å²) in [5, 5.41) is 8.36. The van der Waals surface area contributed by atoms with E-state index in [-0.39, 0.29) is 5.75 Å². The van der Waals surface area contributed by atoms with Crippen molar-refractivity contribution in [1.29, 1.82) is 5.26 Å². The fourth-order valence-electron chi connectivity index (χ4n) is 1.88. The number of nitriles is 1. The molecule has 0 aliphatic carbocycles. The summed E-state index contributed by atoms with van der Waals surface area (Å²) in [6, 6.07) is 2.03. The van der Waals surface area contributed by atoms with Gasteiger partial charge in [0.15, 0.2) is 0 Å². The molecule has 0 aromatic carbocycles. The Morgan fingerprint density at radius 2 is 1.94 bits per heavy atom. The Morgan fingerprint density at radius 1 is 1.31 bits per heavy atom. The molecule has 0 N–H and O–H groups in total. The predicted octanol–water partition coefficient (Wildman–Crippen LogP) is 1.74. The van der Waals surface area contributed by atoms with Gasteiger partial charge in [-0.2, -0.15) is 5.26 Å². The molecule has 0 aromatic heterocycles. The van der Waals surface area contributed by atoms with Crippen LogP contribution in [0.3, 0.4) is 0 Å². The number of unbranched alkanes of at least 4 members (excludes halogenated alkanes) is 2. The van der Waals surface area contributed by atoms with Gasteiger partial charge in [0.1, 0.15) is 0 Å². The summed E-state index contributed by atoms with van der Waals surface area (Å²) in [5.74, 6) is 0.841. The zero-order valence-electron chi connectivity index (χ0n) is 9.85.